The predicted octanol–water partition coefficient (Wildman–Crippen LogP) is 1.98. The third-order valence-electron chi connectivity index (χ3n) is 3.53. The lowest BCUT2D eigenvalue weighted by Crippen LogP contribution is -2.41. The molecule has 112 valence electrons. The fourth-order valence-corrected chi connectivity index (χ4v) is 3.12. The molecule has 0 fully saturated rings. The maximum absolute atomic E-state index is 11.9. The van der Waals surface area contributed by atoms with Crippen molar-refractivity contribution in [1.29, 1.82) is 0 Å². The van der Waals surface area contributed by atoms with Gasteiger partial charge in [-0.15, -0.1) is 10.2 Å². The van der Waals surface area contributed by atoms with Gasteiger partial charge < -0.3 is 9.88 Å². The van der Waals surface area contributed by atoms with E-state index in [0.29, 0.717) is 12.3 Å². The van der Waals surface area contributed by atoms with Crippen LogP contribution in [0.5, 0.6) is 0 Å². The molecule has 1 aromatic rings. The summed E-state index contributed by atoms with van der Waals surface area (Å²) in [4.78, 5) is 11.9. The fraction of sp³-hybridized carbons (Fsp3) is 0.786. The number of nitrogens with zero attached hydrogens (tertiary/aromatic N) is 3. The van der Waals surface area contributed by atoms with Crippen LogP contribution < -0.4 is 5.32 Å². The van der Waals surface area contributed by atoms with Crippen molar-refractivity contribution >= 4 is 17.7 Å². The van der Waals surface area contributed by atoms with E-state index in [4.69, 9.17) is 0 Å². The lowest BCUT2D eigenvalue weighted by atomic mass is 10.1. The summed E-state index contributed by atoms with van der Waals surface area (Å²) in [5, 5.41) is 11.7. The monoisotopic (exact) mass is 296 g/mol. The number of nitrogens with one attached hydrogen (secondary N) is 1. The molecule has 1 N–H and O–H groups in total. The van der Waals surface area contributed by atoms with Gasteiger partial charge >= 0.3 is 0 Å². The number of fused-ring (bicyclic) bond motifs is 1. The number of hydrogen-bond acceptors (Lipinski definition) is 4. The van der Waals surface area contributed by atoms with Crippen molar-refractivity contribution in [2.24, 2.45) is 0 Å². The van der Waals surface area contributed by atoms with Gasteiger partial charge in [-0.2, -0.15) is 11.8 Å². The van der Waals surface area contributed by atoms with Crippen LogP contribution in [0.3, 0.4) is 0 Å². The molecular weight excluding hydrogens is 272 g/mol. The van der Waals surface area contributed by atoms with Gasteiger partial charge in [0.2, 0.25) is 5.91 Å². The van der Waals surface area contributed by atoms with Crippen molar-refractivity contribution in [3.8, 4) is 0 Å². The molecule has 1 amide bonds. The van der Waals surface area contributed by atoms with E-state index >= 15 is 0 Å². The Morgan fingerprint density at radius 2 is 2.30 bits per heavy atom. The van der Waals surface area contributed by atoms with Gasteiger partial charge in [0.25, 0.3) is 0 Å². The number of hydrogen-bond donors (Lipinski definition) is 1. The number of rotatable bonds is 6. The van der Waals surface area contributed by atoms with Crippen LogP contribution in [0.15, 0.2) is 0 Å². The smallest absolute Gasteiger partial charge is 0.221 e. The Morgan fingerprint density at radius 1 is 1.50 bits per heavy atom. The van der Waals surface area contributed by atoms with Gasteiger partial charge in [0.15, 0.2) is 0 Å². The normalized spacial score (nSPS) is 18.1. The highest BCUT2D eigenvalue weighted by atomic mass is 32.2. The number of aryl methyl sites for hydroxylation is 1. The van der Waals surface area contributed by atoms with Crippen molar-refractivity contribution in [2.45, 2.75) is 58.5 Å². The first-order chi connectivity index (χ1) is 9.61. The van der Waals surface area contributed by atoms with E-state index in [1.54, 1.807) is 0 Å². The zero-order valence-electron chi connectivity index (χ0n) is 12.6. The Balaban J connectivity index is 1.90. The second kappa shape index (κ2) is 7.11. The molecule has 5 nitrogen and oxygen atoms in total. The molecular formula is C14H24N4OS. The summed E-state index contributed by atoms with van der Waals surface area (Å²) in [6.07, 6.45) is 2.47. The molecule has 1 aromatic heterocycles. The first kappa shape index (κ1) is 15.4. The maximum atomic E-state index is 11.9. The van der Waals surface area contributed by atoms with Crippen LogP contribution in [0.4, 0.5) is 0 Å². The van der Waals surface area contributed by atoms with Gasteiger partial charge in [-0.05, 0) is 12.2 Å². The summed E-state index contributed by atoms with van der Waals surface area (Å²) in [7, 11) is 0. The van der Waals surface area contributed by atoms with E-state index in [2.05, 4.69) is 40.9 Å². The van der Waals surface area contributed by atoms with Crippen LogP contribution in [-0.4, -0.2) is 38.2 Å². The Hall–Kier alpha value is -1.04. The molecule has 0 radical (unpaired) electrons. The summed E-state index contributed by atoms with van der Waals surface area (Å²) in [6.45, 7) is 7.18. The van der Waals surface area contributed by atoms with Gasteiger partial charge in [-0.25, -0.2) is 0 Å². The molecule has 0 aromatic carbocycles. The van der Waals surface area contributed by atoms with Crippen molar-refractivity contribution < 1.29 is 4.79 Å². The topological polar surface area (TPSA) is 59.8 Å². The average Bonchev–Trinajstić information content (AvgIpc) is 2.82. The van der Waals surface area contributed by atoms with Gasteiger partial charge in [-0.1, -0.05) is 20.8 Å². The quantitative estimate of drug-likeness (QED) is 0.815. The molecule has 20 heavy (non-hydrogen) atoms. The summed E-state index contributed by atoms with van der Waals surface area (Å²) in [6, 6.07) is 0.218. The molecule has 0 spiro atoms. The van der Waals surface area contributed by atoms with E-state index in [0.717, 1.165) is 42.5 Å². The van der Waals surface area contributed by atoms with E-state index < -0.39 is 0 Å². The number of aromatic nitrogens is 3. The molecule has 2 heterocycles. The van der Waals surface area contributed by atoms with Gasteiger partial charge in [0.1, 0.15) is 11.6 Å². The lowest BCUT2D eigenvalue weighted by molar-refractivity contribution is -0.121. The summed E-state index contributed by atoms with van der Waals surface area (Å²) in [5.41, 5.74) is 0. The van der Waals surface area contributed by atoms with Gasteiger partial charge in [0.05, 0.1) is 0 Å². The van der Waals surface area contributed by atoms with Crippen LogP contribution in [0.25, 0.3) is 0 Å². The van der Waals surface area contributed by atoms with E-state index in [1.165, 1.54) is 0 Å². The molecule has 0 saturated heterocycles. The van der Waals surface area contributed by atoms with Crippen molar-refractivity contribution in [1.82, 2.24) is 20.1 Å². The second-order valence-electron chi connectivity index (χ2n) is 5.49. The summed E-state index contributed by atoms with van der Waals surface area (Å²) in [5.74, 6) is 4.59. The van der Waals surface area contributed by atoms with E-state index in [1.807, 2.05) is 11.8 Å². The minimum Gasteiger partial charge on any atom is -0.352 e. The molecule has 0 saturated carbocycles. The van der Waals surface area contributed by atoms with Crippen LogP contribution in [0.2, 0.25) is 0 Å². The largest absolute Gasteiger partial charge is 0.352 e. The third kappa shape index (κ3) is 3.75. The molecule has 6 heteroatoms. The highest BCUT2D eigenvalue weighted by Crippen LogP contribution is 2.20. The van der Waals surface area contributed by atoms with Crippen LogP contribution in [0.1, 0.15) is 51.2 Å². The number of carbonyl (C=O) groups excluding carboxylic acids is 1. The molecule has 1 atom stereocenters. The lowest BCUT2D eigenvalue weighted by Gasteiger charge is -2.26. The molecule has 0 bridgehead atoms. The van der Waals surface area contributed by atoms with Crippen LogP contribution >= 0.6 is 11.8 Å². The van der Waals surface area contributed by atoms with Gasteiger partial charge in [-0.3, -0.25) is 4.79 Å². The predicted molar refractivity (Wildman–Crippen MR) is 82.0 cm³/mol. The summed E-state index contributed by atoms with van der Waals surface area (Å²) >= 11 is 1.81. The summed E-state index contributed by atoms with van der Waals surface area (Å²) < 4.78 is 2.18. The van der Waals surface area contributed by atoms with Crippen molar-refractivity contribution in [3.05, 3.63) is 11.6 Å². The highest BCUT2D eigenvalue weighted by molar-refractivity contribution is 7.99. The number of amides is 1. The Labute approximate surface area is 124 Å². The van der Waals surface area contributed by atoms with Crippen molar-refractivity contribution in [3.63, 3.8) is 0 Å². The highest BCUT2D eigenvalue weighted by Gasteiger charge is 2.24. The standard InChI is InChI=1S/C14H24N4OS/c1-4-20-8-7-13(19)15-11-5-6-12-16-17-14(10(2)3)18(12)9-11/h10-11H,4-9H2,1-3H3,(H,15,19). The van der Waals surface area contributed by atoms with Crippen LogP contribution in [0, 0.1) is 0 Å². The van der Waals surface area contributed by atoms with Crippen molar-refractivity contribution in [2.75, 3.05) is 11.5 Å². The molecule has 0 aliphatic carbocycles. The molecule has 1 unspecified atom stereocenters. The first-order valence-corrected chi connectivity index (χ1v) is 8.56. The van der Waals surface area contributed by atoms with Gasteiger partial charge in [0, 0.05) is 37.1 Å². The Kier molecular flexibility index (Phi) is 5.46. The average molecular weight is 296 g/mol. The van der Waals surface area contributed by atoms with E-state index in [-0.39, 0.29) is 11.9 Å². The van der Waals surface area contributed by atoms with E-state index in [9.17, 15) is 4.79 Å². The number of carbonyl (C=O) groups is 1. The SMILES string of the molecule is CCSCCC(=O)NC1CCc2nnc(C(C)C)n2C1. The third-order valence-corrected chi connectivity index (χ3v) is 4.44. The maximum Gasteiger partial charge on any atom is 0.221 e. The fourth-order valence-electron chi connectivity index (χ4n) is 2.50. The zero-order valence-corrected chi connectivity index (χ0v) is 13.4. The minimum absolute atomic E-state index is 0.165. The minimum atomic E-state index is 0.165. The molecule has 1 aliphatic heterocycles. The Morgan fingerprint density at radius 3 is 3.00 bits per heavy atom. The first-order valence-electron chi connectivity index (χ1n) is 7.40. The zero-order chi connectivity index (χ0) is 14.5. The molecule has 1 aliphatic rings. The second-order valence-corrected chi connectivity index (χ2v) is 6.88. The number of thioether (sulfide) groups is 1. The molecule has 2 rings (SSSR count). The van der Waals surface area contributed by atoms with Crippen LogP contribution in [-0.2, 0) is 17.8 Å². The Bertz CT molecular complexity index is 458.